The molecule has 3 heteroatoms. The first-order chi connectivity index (χ1) is 7.69. The van der Waals surface area contributed by atoms with Gasteiger partial charge in [-0.2, -0.15) is 0 Å². The summed E-state index contributed by atoms with van der Waals surface area (Å²) in [5, 5.41) is 17.0. The fourth-order valence-corrected chi connectivity index (χ4v) is 1.76. The monoisotopic (exact) mass is 322 g/mol. The van der Waals surface area contributed by atoms with Crippen LogP contribution in [-0.4, -0.2) is 23.4 Å². The molecular formula is C14H32O2Zr. The average Bonchev–Trinajstić information content (AvgIpc) is 2.33. The van der Waals surface area contributed by atoms with Gasteiger partial charge in [-0.25, -0.2) is 0 Å². The van der Waals surface area contributed by atoms with Crippen LogP contribution in [0.4, 0.5) is 0 Å². The second-order valence-electron chi connectivity index (χ2n) is 4.39. The van der Waals surface area contributed by atoms with E-state index in [0.717, 1.165) is 24.7 Å². The quantitative estimate of drug-likeness (QED) is 0.716. The molecule has 0 aromatic heterocycles. The van der Waals surface area contributed by atoms with Gasteiger partial charge in [-0.3, -0.25) is 0 Å². The topological polar surface area (TPSA) is 40.5 Å². The molecule has 2 N–H and O–H groups in total. The van der Waals surface area contributed by atoms with E-state index in [1.807, 2.05) is 0 Å². The van der Waals surface area contributed by atoms with E-state index in [1.54, 1.807) is 0 Å². The molecule has 0 saturated heterocycles. The van der Waals surface area contributed by atoms with Crippen LogP contribution < -0.4 is 0 Å². The zero-order valence-corrected chi connectivity index (χ0v) is 14.7. The summed E-state index contributed by atoms with van der Waals surface area (Å²) in [5.41, 5.74) is 0. The van der Waals surface area contributed by atoms with Crippen LogP contribution in [-0.2, 0) is 26.2 Å². The van der Waals surface area contributed by atoms with Crippen LogP contribution in [0.25, 0.3) is 0 Å². The number of aliphatic hydroxyl groups excluding tert-OH is 2. The minimum atomic E-state index is 0. The minimum Gasteiger partial charge on any atom is -0.396 e. The molecule has 0 bridgehead atoms. The molecule has 2 nitrogen and oxygen atoms in total. The average molecular weight is 324 g/mol. The maximum atomic E-state index is 8.50. The van der Waals surface area contributed by atoms with Crippen molar-refractivity contribution < 1.29 is 36.4 Å². The van der Waals surface area contributed by atoms with Gasteiger partial charge in [0.15, 0.2) is 0 Å². The first kappa shape index (κ1) is 22.9. The zero-order valence-electron chi connectivity index (χ0n) is 12.2. The van der Waals surface area contributed by atoms with E-state index in [2.05, 4.69) is 27.7 Å². The Morgan fingerprint density at radius 1 is 0.647 bits per heavy atom. The van der Waals surface area contributed by atoms with E-state index < -0.39 is 0 Å². The SMILES string of the molecule is CCC(CC)CCO.CCC(CC)CCO.[Zr]. The van der Waals surface area contributed by atoms with Crippen LogP contribution in [0, 0.1) is 11.8 Å². The molecule has 0 radical (unpaired) electrons. The van der Waals surface area contributed by atoms with Gasteiger partial charge >= 0.3 is 0 Å². The fraction of sp³-hybridized carbons (Fsp3) is 1.00. The van der Waals surface area contributed by atoms with Crippen molar-refractivity contribution in [2.45, 2.75) is 66.2 Å². The van der Waals surface area contributed by atoms with Gasteiger partial charge in [-0.05, 0) is 24.7 Å². The standard InChI is InChI=1S/2C7H16O.Zr/c2*1-3-7(4-2)5-6-8;/h2*7-8H,3-6H2,1-2H3;. The van der Waals surface area contributed by atoms with Crippen molar-refractivity contribution in [1.82, 2.24) is 0 Å². The Labute approximate surface area is 127 Å². The summed E-state index contributed by atoms with van der Waals surface area (Å²) in [6, 6.07) is 0. The summed E-state index contributed by atoms with van der Waals surface area (Å²) in [7, 11) is 0. The molecular weight excluding hydrogens is 291 g/mol. The molecule has 0 rings (SSSR count). The number of hydrogen-bond donors (Lipinski definition) is 2. The van der Waals surface area contributed by atoms with Gasteiger partial charge in [0, 0.05) is 39.4 Å². The molecule has 0 unspecified atom stereocenters. The van der Waals surface area contributed by atoms with Crippen LogP contribution in [0.1, 0.15) is 66.2 Å². The summed E-state index contributed by atoms with van der Waals surface area (Å²) in [6.07, 6.45) is 6.78. The molecule has 0 aliphatic carbocycles. The second kappa shape index (κ2) is 19.2. The van der Waals surface area contributed by atoms with Crippen molar-refractivity contribution in [3.63, 3.8) is 0 Å². The Hall–Kier alpha value is 0.803. The van der Waals surface area contributed by atoms with Crippen molar-refractivity contribution >= 4 is 0 Å². The molecule has 0 fully saturated rings. The number of rotatable bonds is 8. The molecule has 17 heavy (non-hydrogen) atoms. The molecule has 0 amide bonds. The number of hydrogen-bond acceptors (Lipinski definition) is 2. The van der Waals surface area contributed by atoms with E-state index in [0.29, 0.717) is 13.2 Å². The van der Waals surface area contributed by atoms with Crippen LogP contribution in [0.2, 0.25) is 0 Å². The molecule has 0 aliphatic heterocycles. The zero-order chi connectivity index (χ0) is 12.8. The van der Waals surface area contributed by atoms with Gasteiger partial charge in [0.2, 0.25) is 0 Å². The molecule has 0 aromatic carbocycles. The summed E-state index contributed by atoms with van der Waals surface area (Å²) in [4.78, 5) is 0. The van der Waals surface area contributed by atoms with Crippen molar-refractivity contribution in [3.05, 3.63) is 0 Å². The Balaban J connectivity index is -0.000000218. The van der Waals surface area contributed by atoms with Crippen molar-refractivity contribution in [2.24, 2.45) is 11.8 Å². The predicted octanol–water partition coefficient (Wildman–Crippen LogP) is 3.61. The maximum absolute atomic E-state index is 8.50. The summed E-state index contributed by atoms with van der Waals surface area (Å²) < 4.78 is 0. The molecule has 0 atom stereocenters. The van der Waals surface area contributed by atoms with Gasteiger partial charge in [0.05, 0.1) is 0 Å². The first-order valence-electron chi connectivity index (χ1n) is 6.91. The molecule has 0 saturated carbocycles. The Morgan fingerprint density at radius 2 is 0.882 bits per heavy atom. The molecule has 0 aromatic rings. The second-order valence-corrected chi connectivity index (χ2v) is 4.39. The Bertz CT molecular complexity index is 98.8. The van der Waals surface area contributed by atoms with E-state index in [-0.39, 0.29) is 26.2 Å². The van der Waals surface area contributed by atoms with Crippen molar-refractivity contribution in [3.8, 4) is 0 Å². The van der Waals surface area contributed by atoms with Crippen molar-refractivity contribution in [1.29, 1.82) is 0 Å². The third-order valence-electron chi connectivity index (χ3n) is 3.38. The maximum Gasteiger partial charge on any atom is 0.0433 e. The van der Waals surface area contributed by atoms with E-state index >= 15 is 0 Å². The molecule has 0 heterocycles. The van der Waals surface area contributed by atoms with Crippen molar-refractivity contribution in [2.75, 3.05) is 13.2 Å². The predicted molar refractivity (Wildman–Crippen MR) is 71.5 cm³/mol. The largest absolute Gasteiger partial charge is 0.396 e. The van der Waals surface area contributed by atoms with E-state index in [1.165, 1.54) is 25.7 Å². The summed E-state index contributed by atoms with van der Waals surface area (Å²) in [6.45, 7) is 9.39. The molecule has 104 valence electrons. The molecule has 0 aliphatic rings. The fourth-order valence-electron chi connectivity index (χ4n) is 1.76. The van der Waals surface area contributed by atoms with Gasteiger partial charge in [-0.1, -0.05) is 53.4 Å². The van der Waals surface area contributed by atoms with Gasteiger partial charge < -0.3 is 10.2 Å². The molecule has 0 spiro atoms. The van der Waals surface area contributed by atoms with E-state index in [9.17, 15) is 0 Å². The van der Waals surface area contributed by atoms with Crippen LogP contribution in [0.15, 0.2) is 0 Å². The van der Waals surface area contributed by atoms with Gasteiger partial charge in [0.1, 0.15) is 0 Å². The number of aliphatic hydroxyl groups is 2. The Kier molecular flexibility index (Phi) is 25.8. The van der Waals surface area contributed by atoms with Crippen LogP contribution in [0.3, 0.4) is 0 Å². The normalized spacial score (nSPS) is 9.88. The summed E-state index contributed by atoms with van der Waals surface area (Å²) in [5.74, 6) is 1.50. The third-order valence-corrected chi connectivity index (χ3v) is 3.38. The van der Waals surface area contributed by atoms with Crippen LogP contribution in [0.5, 0.6) is 0 Å². The summed E-state index contributed by atoms with van der Waals surface area (Å²) >= 11 is 0. The Morgan fingerprint density at radius 3 is 0.941 bits per heavy atom. The minimum absolute atomic E-state index is 0. The van der Waals surface area contributed by atoms with E-state index in [4.69, 9.17) is 10.2 Å². The third kappa shape index (κ3) is 16.8. The van der Waals surface area contributed by atoms with Crippen LogP contribution >= 0.6 is 0 Å². The van der Waals surface area contributed by atoms with Gasteiger partial charge in [-0.15, -0.1) is 0 Å². The van der Waals surface area contributed by atoms with Gasteiger partial charge in [0.25, 0.3) is 0 Å². The smallest absolute Gasteiger partial charge is 0.0433 e. The first-order valence-corrected chi connectivity index (χ1v) is 6.91.